The van der Waals surface area contributed by atoms with Crippen LogP contribution in [0.15, 0.2) is 24.3 Å². The Morgan fingerprint density at radius 1 is 1.29 bits per heavy atom. The molecule has 1 aromatic carbocycles. The third-order valence-corrected chi connectivity index (χ3v) is 2.75. The summed E-state index contributed by atoms with van der Waals surface area (Å²) in [5.41, 5.74) is 1.66. The molecule has 4 nitrogen and oxygen atoms in total. The number of aliphatic hydroxyl groups excluding tert-OH is 3. The number of aliphatic hydroxyl groups is 3. The van der Waals surface area contributed by atoms with Gasteiger partial charge in [0, 0.05) is 6.61 Å². The van der Waals surface area contributed by atoms with Gasteiger partial charge in [-0.2, -0.15) is 0 Å². The van der Waals surface area contributed by atoms with Gasteiger partial charge in [0.2, 0.25) is 0 Å². The lowest BCUT2D eigenvalue weighted by Crippen LogP contribution is -2.23. The predicted molar refractivity (Wildman–Crippen MR) is 66.7 cm³/mol. The number of nitrogens with one attached hydrogen (secondary N) is 1. The van der Waals surface area contributed by atoms with Gasteiger partial charge in [0.1, 0.15) is 6.10 Å². The molecule has 0 saturated carbocycles. The van der Waals surface area contributed by atoms with Crippen molar-refractivity contribution >= 4 is 0 Å². The van der Waals surface area contributed by atoms with Crippen molar-refractivity contribution in [3.8, 4) is 0 Å². The van der Waals surface area contributed by atoms with Crippen LogP contribution in [0, 0.1) is 0 Å². The minimum atomic E-state index is -0.873. The summed E-state index contributed by atoms with van der Waals surface area (Å²) in [5.74, 6) is 0. The maximum Gasteiger partial charge on any atom is 0.105 e. The van der Waals surface area contributed by atoms with Crippen LogP contribution < -0.4 is 5.32 Å². The largest absolute Gasteiger partial charge is 0.396 e. The van der Waals surface area contributed by atoms with Crippen LogP contribution in [0.4, 0.5) is 0 Å². The van der Waals surface area contributed by atoms with Gasteiger partial charge in [-0.3, -0.25) is 0 Å². The molecule has 17 heavy (non-hydrogen) atoms. The van der Waals surface area contributed by atoms with Gasteiger partial charge in [0.05, 0.1) is 6.10 Å². The second kappa shape index (κ2) is 7.40. The van der Waals surface area contributed by atoms with Crippen LogP contribution in [0.5, 0.6) is 0 Å². The summed E-state index contributed by atoms with van der Waals surface area (Å²) in [6.07, 6.45) is -0.580. The highest BCUT2D eigenvalue weighted by atomic mass is 16.3. The molecule has 1 aromatic rings. The molecule has 0 heterocycles. The van der Waals surface area contributed by atoms with Crippen molar-refractivity contribution in [3.05, 3.63) is 35.4 Å². The lowest BCUT2D eigenvalue weighted by Gasteiger charge is -2.18. The molecular formula is C13H21NO3. The zero-order valence-electron chi connectivity index (χ0n) is 10.1. The normalized spacial score (nSPS) is 14.6. The molecule has 1 rings (SSSR count). The minimum Gasteiger partial charge on any atom is -0.396 e. The van der Waals surface area contributed by atoms with Crippen LogP contribution in [0.2, 0.25) is 0 Å². The molecule has 4 heteroatoms. The fraction of sp³-hybridized carbons (Fsp3) is 0.538. The average Bonchev–Trinajstić information content (AvgIpc) is 2.35. The molecule has 2 atom stereocenters. The molecule has 0 spiro atoms. The smallest absolute Gasteiger partial charge is 0.105 e. The predicted octanol–water partition coefficient (Wildman–Crippen LogP) is 0.225. The second-order valence-corrected chi connectivity index (χ2v) is 4.12. The van der Waals surface area contributed by atoms with Crippen molar-refractivity contribution in [3.63, 3.8) is 0 Å². The summed E-state index contributed by atoms with van der Waals surface area (Å²) in [6.45, 7) is 0.746. The molecule has 0 radical (unpaired) electrons. The Morgan fingerprint density at radius 2 is 2.06 bits per heavy atom. The highest BCUT2D eigenvalue weighted by molar-refractivity contribution is 5.26. The van der Waals surface area contributed by atoms with Crippen molar-refractivity contribution in [2.75, 3.05) is 20.2 Å². The summed E-state index contributed by atoms with van der Waals surface area (Å²) < 4.78 is 0. The Balaban J connectivity index is 2.66. The molecule has 4 N–H and O–H groups in total. The second-order valence-electron chi connectivity index (χ2n) is 4.12. The van der Waals surface area contributed by atoms with Gasteiger partial charge in [-0.25, -0.2) is 0 Å². The molecular weight excluding hydrogens is 218 g/mol. The Labute approximate surface area is 102 Å². The molecule has 0 aliphatic rings. The summed E-state index contributed by atoms with van der Waals surface area (Å²) in [4.78, 5) is 0. The average molecular weight is 239 g/mol. The first-order chi connectivity index (χ1) is 8.19. The first kappa shape index (κ1) is 14.1. The van der Waals surface area contributed by atoms with E-state index in [1.807, 2.05) is 18.2 Å². The van der Waals surface area contributed by atoms with Crippen LogP contribution >= 0.6 is 0 Å². The molecule has 0 fully saturated rings. The fourth-order valence-corrected chi connectivity index (χ4v) is 1.73. The summed E-state index contributed by atoms with van der Waals surface area (Å²) in [7, 11) is 1.81. The van der Waals surface area contributed by atoms with E-state index in [2.05, 4.69) is 5.32 Å². The number of hydrogen-bond donors (Lipinski definition) is 4. The fourth-order valence-electron chi connectivity index (χ4n) is 1.73. The van der Waals surface area contributed by atoms with Gasteiger partial charge in [0.25, 0.3) is 0 Å². The van der Waals surface area contributed by atoms with Gasteiger partial charge >= 0.3 is 0 Å². The van der Waals surface area contributed by atoms with Crippen molar-refractivity contribution in [1.82, 2.24) is 5.32 Å². The van der Waals surface area contributed by atoms with Gasteiger partial charge in [-0.15, -0.1) is 0 Å². The summed E-state index contributed by atoms with van der Waals surface area (Å²) in [5, 5.41) is 31.5. The van der Waals surface area contributed by atoms with E-state index in [-0.39, 0.29) is 6.61 Å². The first-order valence-corrected chi connectivity index (χ1v) is 5.89. The van der Waals surface area contributed by atoms with E-state index in [1.165, 1.54) is 0 Å². The number of hydrogen-bond acceptors (Lipinski definition) is 4. The standard InChI is InChI=1S/C13H21NO3/c1-14-7-5-12(16)13(17)11-4-2-3-10(9-11)6-8-15/h2-4,9,12-17H,5-8H2,1H3. The van der Waals surface area contributed by atoms with E-state index in [0.717, 1.165) is 5.56 Å². The van der Waals surface area contributed by atoms with Crippen molar-refractivity contribution in [2.45, 2.75) is 25.0 Å². The Morgan fingerprint density at radius 3 is 2.71 bits per heavy atom. The van der Waals surface area contributed by atoms with Crippen LogP contribution in [0.1, 0.15) is 23.7 Å². The SMILES string of the molecule is CNCCC(O)C(O)c1cccc(CCO)c1. The van der Waals surface area contributed by atoms with Crippen molar-refractivity contribution in [1.29, 1.82) is 0 Å². The van der Waals surface area contributed by atoms with E-state index in [0.29, 0.717) is 24.9 Å². The van der Waals surface area contributed by atoms with Crippen LogP contribution in [-0.4, -0.2) is 41.6 Å². The maximum atomic E-state index is 9.97. The van der Waals surface area contributed by atoms with E-state index in [1.54, 1.807) is 13.1 Å². The molecule has 0 bridgehead atoms. The topological polar surface area (TPSA) is 72.7 Å². The van der Waals surface area contributed by atoms with Gasteiger partial charge in [-0.1, -0.05) is 24.3 Å². The van der Waals surface area contributed by atoms with Crippen LogP contribution in [0.25, 0.3) is 0 Å². The zero-order chi connectivity index (χ0) is 12.7. The Kier molecular flexibility index (Phi) is 6.15. The van der Waals surface area contributed by atoms with E-state index in [4.69, 9.17) is 5.11 Å². The first-order valence-electron chi connectivity index (χ1n) is 5.89. The molecule has 2 unspecified atom stereocenters. The summed E-state index contributed by atoms with van der Waals surface area (Å²) >= 11 is 0. The number of benzene rings is 1. The van der Waals surface area contributed by atoms with Crippen molar-refractivity contribution < 1.29 is 15.3 Å². The van der Waals surface area contributed by atoms with Gasteiger partial charge < -0.3 is 20.6 Å². The minimum absolute atomic E-state index is 0.0852. The van der Waals surface area contributed by atoms with E-state index in [9.17, 15) is 10.2 Å². The van der Waals surface area contributed by atoms with E-state index < -0.39 is 12.2 Å². The quantitative estimate of drug-likeness (QED) is 0.549. The Hall–Kier alpha value is -0.940. The molecule has 0 aliphatic carbocycles. The lowest BCUT2D eigenvalue weighted by atomic mass is 9.99. The van der Waals surface area contributed by atoms with Crippen LogP contribution in [-0.2, 0) is 6.42 Å². The van der Waals surface area contributed by atoms with Gasteiger partial charge in [0.15, 0.2) is 0 Å². The van der Waals surface area contributed by atoms with Gasteiger partial charge in [-0.05, 0) is 37.6 Å². The summed E-state index contributed by atoms with van der Waals surface area (Å²) in [6, 6.07) is 7.33. The molecule has 0 amide bonds. The third kappa shape index (κ3) is 4.44. The molecule has 0 aromatic heterocycles. The molecule has 96 valence electrons. The molecule has 0 aliphatic heterocycles. The number of rotatable bonds is 7. The highest BCUT2D eigenvalue weighted by Gasteiger charge is 2.17. The Bertz CT molecular complexity index is 330. The zero-order valence-corrected chi connectivity index (χ0v) is 10.1. The van der Waals surface area contributed by atoms with Crippen LogP contribution in [0.3, 0.4) is 0 Å². The van der Waals surface area contributed by atoms with Crippen molar-refractivity contribution in [2.24, 2.45) is 0 Å². The maximum absolute atomic E-state index is 9.97. The molecule has 0 saturated heterocycles. The monoisotopic (exact) mass is 239 g/mol. The third-order valence-electron chi connectivity index (χ3n) is 2.75. The lowest BCUT2D eigenvalue weighted by molar-refractivity contribution is 0.0140. The van der Waals surface area contributed by atoms with E-state index >= 15 is 0 Å². The highest BCUT2D eigenvalue weighted by Crippen LogP contribution is 2.20.